The van der Waals surface area contributed by atoms with E-state index in [1.165, 1.54) is 12.1 Å². The van der Waals surface area contributed by atoms with E-state index in [0.29, 0.717) is 18.7 Å². The largest absolute Gasteiger partial charge is 0.451 e. The van der Waals surface area contributed by atoms with Gasteiger partial charge in [0.25, 0.3) is 10.0 Å². The molecule has 2 aromatic carbocycles. The second kappa shape index (κ2) is 13.4. The lowest BCUT2D eigenvalue weighted by molar-refractivity contribution is -0.145. The normalized spacial score (nSPS) is 14.4. The highest BCUT2D eigenvalue weighted by Gasteiger charge is 2.37. The molecule has 11 nitrogen and oxygen atoms in total. The number of anilines is 3. The van der Waals surface area contributed by atoms with Gasteiger partial charge in [0.1, 0.15) is 11.5 Å². The first-order valence-electron chi connectivity index (χ1n) is 12.9. The number of halogens is 3. The summed E-state index contributed by atoms with van der Waals surface area (Å²) in [5, 5.41) is 25.9. The highest BCUT2D eigenvalue weighted by atomic mass is 32.2. The van der Waals surface area contributed by atoms with Crippen LogP contribution in [-0.2, 0) is 29.2 Å². The van der Waals surface area contributed by atoms with Crippen molar-refractivity contribution in [1.29, 1.82) is 0 Å². The minimum atomic E-state index is -4.89. The molecule has 228 valence electrons. The van der Waals surface area contributed by atoms with Gasteiger partial charge in [-0.25, -0.2) is 18.4 Å². The van der Waals surface area contributed by atoms with Crippen molar-refractivity contribution in [1.82, 2.24) is 20.2 Å². The van der Waals surface area contributed by atoms with Crippen molar-refractivity contribution in [3.63, 3.8) is 0 Å². The quantitative estimate of drug-likeness (QED) is 0.147. The van der Waals surface area contributed by atoms with E-state index in [9.17, 15) is 32.0 Å². The maximum absolute atomic E-state index is 13.4. The fourth-order valence-electron chi connectivity index (χ4n) is 4.27. The number of hydrogen-bond donors (Lipinski definition) is 5. The van der Waals surface area contributed by atoms with Gasteiger partial charge in [0.05, 0.1) is 16.3 Å². The van der Waals surface area contributed by atoms with Crippen LogP contribution in [0.1, 0.15) is 23.5 Å². The molecule has 3 aromatic rings. The number of hydrogen-bond acceptors (Lipinski definition) is 11. The second-order valence-corrected chi connectivity index (χ2v) is 12.7. The molecular weight excluding hydrogens is 595 g/mol. The molecule has 0 amide bonds. The van der Waals surface area contributed by atoms with Gasteiger partial charge in [0, 0.05) is 28.8 Å². The number of thioether (sulfide) groups is 1. The molecule has 0 radical (unpaired) electrons. The molecular formula is C26H32F3N7O4S2. The molecule has 16 heteroatoms. The molecule has 1 aromatic heterocycles. The molecule has 1 aliphatic rings. The van der Waals surface area contributed by atoms with E-state index in [1.54, 1.807) is 11.8 Å². The number of aromatic nitrogens is 2. The molecule has 0 spiro atoms. The van der Waals surface area contributed by atoms with Crippen LogP contribution < -0.4 is 20.6 Å². The first-order chi connectivity index (χ1) is 19.8. The van der Waals surface area contributed by atoms with Gasteiger partial charge in [0.15, 0.2) is 0 Å². The van der Waals surface area contributed by atoms with Gasteiger partial charge < -0.3 is 15.5 Å². The number of benzene rings is 2. The Labute approximate surface area is 246 Å². The standard InChI is InChI=1S/C26H32F3N7O4S2/c1-35(2)13-11-17(16-41-18-6-4-3-5-7-18)31-21-9-8-19(14-23(21)36(37)38)42(39,40)34-24-20-10-12-30-15-22(20)32-25(33-24)26(27,28)29/h3-9,14,17,30-31,37-38H,10-13,15-16H2,1-2H3,(H,32,33,34)/t17-/m1/s1. The van der Waals surface area contributed by atoms with Crippen LogP contribution in [0.15, 0.2) is 58.3 Å². The van der Waals surface area contributed by atoms with Crippen molar-refractivity contribution in [2.24, 2.45) is 0 Å². The van der Waals surface area contributed by atoms with Crippen LogP contribution in [0.3, 0.4) is 0 Å². The molecule has 1 atom stereocenters. The van der Waals surface area contributed by atoms with E-state index >= 15 is 0 Å². The van der Waals surface area contributed by atoms with E-state index in [-0.39, 0.29) is 46.9 Å². The predicted molar refractivity (Wildman–Crippen MR) is 153 cm³/mol. The van der Waals surface area contributed by atoms with Crippen molar-refractivity contribution in [3.8, 4) is 0 Å². The highest BCUT2D eigenvalue weighted by Crippen LogP contribution is 2.33. The van der Waals surface area contributed by atoms with Crippen molar-refractivity contribution >= 4 is 39.0 Å². The lowest BCUT2D eigenvalue weighted by atomic mass is 10.1. The Hall–Kier alpha value is -3.15. The molecule has 5 N–H and O–H groups in total. The summed E-state index contributed by atoms with van der Waals surface area (Å²) >= 11 is 1.61. The molecule has 0 aliphatic carbocycles. The Morgan fingerprint density at radius 3 is 2.52 bits per heavy atom. The van der Waals surface area contributed by atoms with Crippen molar-refractivity contribution in [3.05, 3.63) is 65.6 Å². The SMILES string of the molecule is CN(C)CC[C@H](CSc1ccccc1)Nc1ccc(S(=O)(=O)Nc2nc(C(F)(F)F)nc3c2CCNC3)cc1N(O)O. The van der Waals surface area contributed by atoms with Crippen LogP contribution in [0, 0.1) is 0 Å². The number of nitrogens with zero attached hydrogens (tertiary/aromatic N) is 4. The minimum absolute atomic E-state index is 0.0295. The molecule has 42 heavy (non-hydrogen) atoms. The Kier molecular flexibility index (Phi) is 10.2. The number of fused-ring (bicyclic) bond motifs is 1. The van der Waals surface area contributed by atoms with Crippen LogP contribution >= 0.6 is 11.8 Å². The van der Waals surface area contributed by atoms with Crippen LogP contribution in [0.25, 0.3) is 0 Å². The molecule has 1 aliphatic heterocycles. The smallest absolute Gasteiger partial charge is 0.380 e. The van der Waals surface area contributed by atoms with Crippen LogP contribution in [0.2, 0.25) is 0 Å². The molecule has 4 rings (SSSR count). The third kappa shape index (κ3) is 8.23. The third-order valence-electron chi connectivity index (χ3n) is 6.40. The van der Waals surface area contributed by atoms with Crippen LogP contribution in [0.5, 0.6) is 0 Å². The summed E-state index contributed by atoms with van der Waals surface area (Å²) in [6.45, 7) is 1.17. The molecule has 0 unspecified atom stereocenters. The van der Waals surface area contributed by atoms with Crippen LogP contribution in [-0.4, -0.2) is 72.7 Å². The van der Waals surface area contributed by atoms with Crippen molar-refractivity contribution < 1.29 is 32.0 Å². The third-order valence-corrected chi connectivity index (χ3v) is 8.91. The van der Waals surface area contributed by atoms with Gasteiger partial charge in [-0.15, -0.1) is 17.0 Å². The van der Waals surface area contributed by atoms with Gasteiger partial charge in [0.2, 0.25) is 5.82 Å². The van der Waals surface area contributed by atoms with E-state index < -0.39 is 32.7 Å². The van der Waals surface area contributed by atoms with Crippen molar-refractivity contribution in [2.75, 3.05) is 48.2 Å². The monoisotopic (exact) mass is 627 g/mol. The van der Waals surface area contributed by atoms with Crippen LogP contribution in [0.4, 0.5) is 30.4 Å². The molecule has 2 heterocycles. The summed E-state index contributed by atoms with van der Waals surface area (Å²) in [5.74, 6) is -1.30. The molecule has 0 bridgehead atoms. The lowest BCUT2D eigenvalue weighted by Crippen LogP contribution is -2.29. The van der Waals surface area contributed by atoms with E-state index in [4.69, 9.17) is 0 Å². The summed E-state index contributed by atoms with van der Waals surface area (Å²) in [4.78, 5) is 9.71. The summed E-state index contributed by atoms with van der Waals surface area (Å²) in [6.07, 6.45) is -3.97. The summed E-state index contributed by atoms with van der Waals surface area (Å²) < 4.78 is 69.1. The predicted octanol–water partition coefficient (Wildman–Crippen LogP) is 4.05. The van der Waals surface area contributed by atoms with Gasteiger partial charge in [-0.1, -0.05) is 18.2 Å². The highest BCUT2D eigenvalue weighted by molar-refractivity contribution is 7.99. The van der Waals surface area contributed by atoms with Crippen molar-refractivity contribution in [2.45, 2.75) is 41.4 Å². The summed E-state index contributed by atoms with van der Waals surface area (Å²) in [5.41, 5.74) is 0.300. The number of sulfonamides is 1. The fraction of sp³-hybridized carbons (Fsp3) is 0.385. The lowest BCUT2D eigenvalue weighted by Gasteiger charge is -2.24. The van der Waals surface area contributed by atoms with E-state index in [2.05, 4.69) is 25.3 Å². The Morgan fingerprint density at radius 1 is 1.12 bits per heavy atom. The number of alkyl halides is 3. The minimum Gasteiger partial charge on any atom is -0.380 e. The zero-order valence-electron chi connectivity index (χ0n) is 22.9. The number of rotatable bonds is 12. The average Bonchev–Trinajstić information content (AvgIpc) is 2.94. The molecule has 0 fully saturated rings. The number of nitrogens with one attached hydrogen (secondary N) is 3. The maximum Gasteiger partial charge on any atom is 0.451 e. The first kappa shape index (κ1) is 31.8. The molecule has 0 saturated carbocycles. The Morgan fingerprint density at radius 2 is 1.86 bits per heavy atom. The van der Waals surface area contributed by atoms with Gasteiger partial charge in [-0.3, -0.25) is 15.1 Å². The van der Waals surface area contributed by atoms with E-state index in [0.717, 1.165) is 17.5 Å². The average molecular weight is 628 g/mol. The Balaban J connectivity index is 1.61. The van der Waals surface area contributed by atoms with E-state index in [1.807, 2.05) is 49.3 Å². The zero-order valence-corrected chi connectivity index (χ0v) is 24.5. The maximum atomic E-state index is 13.4. The zero-order chi connectivity index (χ0) is 30.5. The first-order valence-corrected chi connectivity index (χ1v) is 15.4. The molecule has 0 saturated heterocycles. The fourth-order valence-corrected chi connectivity index (χ4v) is 6.32. The second-order valence-electron chi connectivity index (χ2n) is 9.88. The summed E-state index contributed by atoms with van der Waals surface area (Å²) in [6, 6.07) is 13.2. The van der Waals surface area contributed by atoms with Gasteiger partial charge in [-0.2, -0.15) is 13.2 Å². The Bertz CT molecular complexity index is 1480. The van der Waals surface area contributed by atoms with Gasteiger partial charge >= 0.3 is 6.18 Å². The van der Waals surface area contributed by atoms with Gasteiger partial charge in [-0.05, 0) is 70.4 Å². The topological polar surface area (TPSA) is 143 Å². The summed E-state index contributed by atoms with van der Waals surface area (Å²) in [7, 11) is -0.621.